The predicted molar refractivity (Wildman–Crippen MR) is 76.6 cm³/mol. The molecule has 0 aromatic carbocycles. The summed E-state index contributed by atoms with van der Waals surface area (Å²) < 4.78 is 7.91. The van der Waals surface area contributed by atoms with Gasteiger partial charge >= 0.3 is 0 Å². The summed E-state index contributed by atoms with van der Waals surface area (Å²) in [5, 5.41) is 8.60. The molecule has 2 rings (SSSR count). The first-order chi connectivity index (χ1) is 8.98. The lowest BCUT2D eigenvalue weighted by atomic mass is 9.96. The van der Waals surface area contributed by atoms with E-state index in [1.54, 1.807) is 0 Å². The van der Waals surface area contributed by atoms with Crippen LogP contribution in [0.4, 0.5) is 0 Å². The summed E-state index contributed by atoms with van der Waals surface area (Å²) in [7, 11) is 0. The third-order valence-corrected chi connectivity index (χ3v) is 3.88. The zero-order valence-electron chi connectivity index (χ0n) is 12.2. The molecule has 0 N–H and O–H groups in total. The molecule has 1 aromatic rings. The Hall–Kier alpha value is -0.610. The highest BCUT2D eigenvalue weighted by atomic mass is 35.5. The number of rotatable bonds is 4. The number of ether oxygens (including phenoxy) is 1. The van der Waals surface area contributed by atoms with Gasteiger partial charge in [-0.25, -0.2) is 0 Å². The van der Waals surface area contributed by atoms with Gasteiger partial charge in [0.05, 0.1) is 19.3 Å². The summed E-state index contributed by atoms with van der Waals surface area (Å²) in [6.07, 6.45) is 6.77. The fraction of sp³-hybridized carbons (Fsp3) is 0.857. The van der Waals surface area contributed by atoms with Crippen molar-refractivity contribution in [2.24, 2.45) is 0 Å². The number of hydrogen-bond donors (Lipinski definition) is 0. The van der Waals surface area contributed by atoms with E-state index >= 15 is 0 Å². The maximum Gasteiger partial charge on any atom is 0.225 e. The first kappa shape index (κ1) is 14.8. The van der Waals surface area contributed by atoms with E-state index < -0.39 is 0 Å². The highest BCUT2D eigenvalue weighted by molar-refractivity contribution is 6.28. The average Bonchev–Trinajstić information content (AvgIpc) is 2.72. The molecule has 0 atom stereocenters. The van der Waals surface area contributed by atoms with Crippen LogP contribution >= 0.6 is 11.6 Å². The van der Waals surface area contributed by atoms with Gasteiger partial charge in [0.25, 0.3) is 0 Å². The molecule has 19 heavy (non-hydrogen) atoms. The van der Waals surface area contributed by atoms with Crippen LogP contribution in [0.15, 0.2) is 0 Å². The highest BCUT2D eigenvalue weighted by Crippen LogP contribution is 2.23. The fourth-order valence-electron chi connectivity index (χ4n) is 2.58. The van der Waals surface area contributed by atoms with Gasteiger partial charge in [0.1, 0.15) is 5.82 Å². The second-order valence-electron chi connectivity index (χ2n) is 6.33. The molecule has 1 fully saturated rings. The van der Waals surface area contributed by atoms with Gasteiger partial charge in [-0.2, -0.15) is 0 Å². The summed E-state index contributed by atoms with van der Waals surface area (Å²) in [4.78, 5) is 0. The van der Waals surface area contributed by atoms with Gasteiger partial charge in [0.15, 0.2) is 0 Å². The standard InChI is InChI=1S/C14H24ClN3O/c1-14(2,3)12-16-17-13(15)18(12)9-10-19-11-7-5-4-6-8-11/h11H,4-10H2,1-3H3. The quantitative estimate of drug-likeness (QED) is 0.849. The molecule has 1 aliphatic carbocycles. The minimum absolute atomic E-state index is 0.0506. The zero-order valence-corrected chi connectivity index (χ0v) is 12.9. The lowest BCUT2D eigenvalue weighted by Crippen LogP contribution is -2.23. The predicted octanol–water partition coefficient (Wildman–Crippen LogP) is 3.58. The highest BCUT2D eigenvalue weighted by Gasteiger charge is 2.23. The van der Waals surface area contributed by atoms with Crippen molar-refractivity contribution in [1.29, 1.82) is 0 Å². The normalized spacial score (nSPS) is 17.9. The minimum Gasteiger partial charge on any atom is -0.376 e. The summed E-state index contributed by atoms with van der Waals surface area (Å²) in [6, 6.07) is 0. The van der Waals surface area contributed by atoms with Crippen LogP contribution < -0.4 is 0 Å². The first-order valence-electron chi connectivity index (χ1n) is 7.19. The van der Waals surface area contributed by atoms with Crippen molar-refractivity contribution in [3.63, 3.8) is 0 Å². The SMILES string of the molecule is CC(C)(C)c1nnc(Cl)n1CCOC1CCCCC1. The largest absolute Gasteiger partial charge is 0.376 e. The second kappa shape index (κ2) is 6.23. The Kier molecular flexibility index (Phi) is 4.85. The molecule has 0 unspecified atom stereocenters. The smallest absolute Gasteiger partial charge is 0.225 e. The van der Waals surface area contributed by atoms with Gasteiger partial charge < -0.3 is 4.74 Å². The van der Waals surface area contributed by atoms with Crippen molar-refractivity contribution in [2.75, 3.05) is 6.61 Å². The molecular formula is C14H24ClN3O. The van der Waals surface area contributed by atoms with Crippen molar-refractivity contribution >= 4 is 11.6 Å². The molecule has 0 aliphatic heterocycles. The molecule has 0 spiro atoms. The lowest BCUT2D eigenvalue weighted by molar-refractivity contribution is 0.0236. The van der Waals surface area contributed by atoms with Crippen molar-refractivity contribution < 1.29 is 4.74 Å². The van der Waals surface area contributed by atoms with Crippen molar-refractivity contribution in [3.05, 3.63) is 11.1 Å². The molecule has 0 amide bonds. The molecule has 108 valence electrons. The summed E-state index contributed by atoms with van der Waals surface area (Å²) in [5.74, 6) is 0.921. The molecule has 5 heteroatoms. The number of hydrogen-bond acceptors (Lipinski definition) is 3. The van der Waals surface area contributed by atoms with Crippen LogP contribution in [-0.4, -0.2) is 27.5 Å². The lowest BCUT2D eigenvalue weighted by Gasteiger charge is -2.23. The summed E-state index contributed by atoms with van der Waals surface area (Å²) in [6.45, 7) is 7.77. The van der Waals surface area contributed by atoms with Crippen LogP contribution in [0.25, 0.3) is 0 Å². The fourth-order valence-corrected chi connectivity index (χ4v) is 2.78. The van der Waals surface area contributed by atoms with E-state index in [1.165, 1.54) is 32.1 Å². The minimum atomic E-state index is -0.0506. The number of nitrogens with zero attached hydrogens (tertiary/aromatic N) is 3. The average molecular weight is 286 g/mol. The van der Waals surface area contributed by atoms with Gasteiger partial charge in [0.2, 0.25) is 5.28 Å². The molecule has 1 aromatic heterocycles. The maximum atomic E-state index is 6.11. The van der Waals surface area contributed by atoms with E-state index in [-0.39, 0.29) is 5.41 Å². The zero-order chi connectivity index (χ0) is 13.9. The topological polar surface area (TPSA) is 39.9 Å². The second-order valence-corrected chi connectivity index (χ2v) is 6.66. The van der Waals surface area contributed by atoms with Gasteiger partial charge in [-0.15, -0.1) is 10.2 Å². The molecule has 0 bridgehead atoms. The Bertz CT molecular complexity index is 405. The third kappa shape index (κ3) is 3.93. The molecule has 0 saturated heterocycles. The van der Waals surface area contributed by atoms with Crippen molar-refractivity contribution in [2.45, 2.75) is 70.9 Å². The van der Waals surface area contributed by atoms with E-state index in [4.69, 9.17) is 16.3 Å². The monoisotopic (exact) mass is 285 g/mol. The van der Waals surface area contributed by atoms with Crippen LogP contribution in [0.1, 0.15) is 58.7 Å². The van der Waals surface area contributed by atoms with E-state index in [2.05, 4.69) is 31.0 Å². The van der Waals surface area contributed by atoms with Crippen LogP contribution in [0.3, 0.4) is 0 Å². The molecular weight excluding hydrogens is 262 g/mol. The molecule has 1 saturated carbocycles. The Morgan fingerprint density at radius 3 is 2.53 bits per heavy atom. The molecule has 1 aliphatic rings. The third-order valence-electron chi connectivity index (χ3n) is 3.60. The van der Waals surface area contributed by atoms with E-state index in [9.17, 15) is 0 Å². The van der Waals surface area contributed by atoms with E-state index in [1.807, 2.05) is 4.57 Å². The van der Waals surface area contributed by atoms with Gasteiger partial charge in [0, 0.05) is 5.41 Å². The van der Waals surface area contributed by atoms with E-state index in [0.717, 1.165) is 12.4 Å². The number of aromatic nitrogens is 3. The Morgan fingerprint density at radius 1 is 1.21 bits per heavy atom. The Labute approximate surface area is 120 Å². The molecule has 0 radical (unpaired) electrons. The van der Waals surface area contributed by atoms with Gasteiger partial charge in [-0.3, -0.25) is 4.57 Å². The van der Waals surface area contributed by atoms with Gasteiger partial charge in [-0.05, 0) is 24.4 Å². The van der Waals surface area contributed by atoms with E-state index in [0.29, 0.717) is 18.0 Å². The number of halogens is 1. The molecule has 4 nitrogen and oxygen atoms in total. The summed E-state index contributed by atoms with van der Waals surface area (Å²) in [5.41, 5.74) is -0.0506. The maximum absolute atomic E-state index is 6.11. The molecule has 1 heterocycles. The Balaban J connectivity index is 1.90. The van der Waals surface area contributed by atoms with Crippen LogP contribution in [0, 0.1) is 0 Å². The van der Waals surface area contributed by atoms with Crippen LogP contribution in [0.5, 0.6) is 0 Å². The van der Waals surface area contributed by atoms with Crippen LogP contribution in [0.2, 0.25) is 5.28 Å². The Morgan fingerprint density at radius 2 is 1.89 bits per heavy atom. The van der Waals surface area contributed by atoms with Crippen LogP contribution in [-0.2, 0) is 16.7 Å². The first-order valence-corrected chi connectivity index (χ1v) is 7.57. The van der Waals surface area contributed by atoms with Crippen molar-refractivity contribution in [1.82, 2.24) is 14.8 Å². The van der Waals surface area contributed by atoms with Gasteiger partial charge in [-0.1, -0.05) is 40.0 Å². The summed E-state index contributed by atoms with van der Waals surface area (Å²) >= 11 is 6.11. The van der Waals surface area contributed by atoms with Crippen molar-refractivity contribution in [3.8, 4) is 0 Å².